The van der Waals surface area contributed by atoms with Crippen molar-refractivity contribution in [2.45, 2.75) is 242 Å². The molecule has 0 aromatic heterocycles. The third-order valence-electron chi connectivity index (χ3n) is 20.2. The van der Waals surface area contributed by atoms with Crippen LogP contribution < -0.4 is 0 Å². The molecule has 4 aliphatic carbocycles. The van der Waals surface area contributed by atoms with E-state index in [1.807, 2.05) is 20.8 Å². The zero-order chi connectivity index (χ0) is 59.3. The molecule has 9 rings (SSSR count). The number of aliphatic hydroxyl groups is 8. The Bertz CT molecular complexity index is 2460. The lowest BCUT2D eigenvalue weighted by atomic mass is 9.41. The minimum atomic E-state index is -5.17. The maximum Gasteiger partial charge on any atom is 0.397 e. The standard InChI is InChI=1S/C55H86O25S/c1-24(2)12-11-17-54(9)45-30(73-26(4)57)20-53(8)28-13-14-33-51(5,6)34(16-18-52(33,7)27(28)15-19-55(45,53)50(65)79-54)75-49-44(36(60)32(23-71-49)80-81(66,67)68)78-47-38(62)37(61)41(25(3)72-47)76-48-40(64)43(35(59)31(21-56)74-48)77-46-39(63)42(69-10)29(58)22-70-46/h12-13,25,27,29-49,56,58-64H,11,14-23H2,1-10H3,(H,66,67,68). The maximum atomic E-state index is 14.7. The predicted octanol–water partition coefficient (Wildman–Crippen LogP) is 0.620. The van der Waals surface area contributed by atoms with Crippen molar-refractivity contribution in [2.24, 2.45) is 39.4 Å². The van der Waals surface area contributed by atoms with Gasteiger partial charge in [0.2, 0.25) is 0 Å². The average molecular weight is 1180 g/mol. The van der Waals surface area contributed by atoms with Crippen LogP contribution >= 0.6 is 0 Å². The topological polar surface area (TPSA) is 361 Å². The summed E-state index contributed by atoms with van der Waals surface area (Å²) in [5.41, 5.74) is -1.05. The summed E-state index contributed by atoms with van der Waals surface area (Å²) >= 11 is 0. The second-order valence-corrected chi connectivity index (χ2v) is 26.6. The molecule has 8 fully saturated rings. The van der Waals surface area contributed by atoms with Crippen LogP contribution in [0.2, 0.25) is 0 Å². The van der Waals surface area contributed by atoms with Crippen LogP contribution in [-0.4, -0.2) is 221 Å². The lowest BCUT2D eigenvalue weighted by molar-refractivity contribution is -0.386. The molecule has 27 atom stereocenters. The molecule has 0 bridgehead atoms. The van der Waals surface area contributed by atoms with Gasteiger partial charge in [-0.15, -0.1) is 0 Å². The van der Waals surface area contributed by atoms with Gasteiger partial charge in [0.05, 0.1) is 43.4 Å². The number of rotatable bonds is 16. The summed E-state index contributed by atoms with van der Waals surface area (Å²) in [5.74, 6) is -0.977. The highest BCUT2D eigenvalue weighted by Gasteiger charge is 2.79. The van der Waals surface area contributed by atoms with Gasteiger partial charge < -0.3 is 93.0 Å². The molecule has 5 saturated heterocycles. The van der Waals surface area contributed by atoms with E-state index in [2.05, 4.69) is 39.8 Å². The van der Waals surface area contributed by atoms with Gasteiger partial charge in [-0.1, -0.05) is 51.0 Å². The quantitative estimate of drug-likeness (QED) is 0.0581. The number of esters is 2. The Hall–Kier alpha value is -2.39. The van der Waals surface area contributed by atoms with Crippen molar-refractivity contribution in [3.8, 4) is 0 Å². The molecule has 462 valence electrons. The fraction of sp³-hybridized carbons (Fsp3) is 0.891. The summed E-state index contributed by atoms with van der Waals surface area (Å²) < 4.78 is 104. The van der Waals surface area contributed by atoms with Gasteiger partial charge >= 0.3 is 22.3 Å². The van der Waals surface area contributed by atoms with E-state index in [4.69, 9.17) is 56.3 Å². The van der Waals surface area contributed by atoms with E-state index in [9.17, 15) is 63.4 Å². The number of fused-ring (bicyclic) bond motifs is 4. The zero-order valence-electron chi connectivity index (χ0n) is 47.7. The number of carbonyl (C=O) groups excluding carboxylic acids is 2. The highest BCUT2D eigenvalue weighted by molar-refractivity contribution is 7.80. The number of hydrogen-bond acceptors (Lipinski definition) is 24. The fourth-order valence-electron chi connectivity index (χ4n) is 16.3. The van der Waals surface area contributed by atoms with Crippen molar-refractivity contribution >= 4 is 22.3 Å². The van der Waals surface area contributed by atoms with E-state index < -0.39 is 174 Å². The van der Waals surface area contributed by atoms with E-state index in [-0.39, 0.29) is 35.7 Å². The molecule has 9 aliphatic rings. The number of aliphatic hydroxyl groups excluding tert-OH is 8. The fourth-order valence-corrected chi connectivity index (χ4v) is 16.8. The van der Waals surface area contributed by atoms with Crippen molar-refractivity contribution in [1.29, 1.82) is 0 Å². The Morgan fingerprint density at radius 3 is 2.07 bits per heavy atom. The molecule has 26 heteroatoms. The van der Waals surface area contributed by atoms with Gasteiger partial charge in [0.1, 0.15) is 91.1 Å². The van der Waals surface area contributed by atoms with Crippen molar-refractivity contribution in [3.05, 3.63) is 23.3 Å². The maximum absolute atomic E-state index is 14.7. The molecule has 25 nitrogen and oxygen atoms in total. The molecule has 5 aliphatic heterocycles. The number of methoxy groups -OCH3 is 1. The minimum Gasteiger partial charge on any atom is -0.462 e. The molecule has 5 heterocycles. The first-order valence-corrected chi connectivity index (χ1v) is 29.7. The van der Waals surface area contributed by atoms with Crippen molar-refractivity contribution < 1.29 is 120 Å². The van der Waals surface area contributed by atoms with E-state index >= 15 is 0 Å². The Balaban J connectivity index is 0.918. The molecule has 3 saturated carbocycles. The van der Waals surface area contributed by atoms with Gasteiger partial charge in [-0.3, -0.25) is 14.1 Å². The van der Waals surface area contributed by atoms with Gasteiger partial charge in [0, 0.05) is 19.4 Å². The van der Waals surface area contributed by atoms with Crippen LogP contribution in [-0.2, 0) is 76.3 Å². The molecule has 0 amide bonds. The zero-order valence-corrected chi connectivity index (χ0v) is 48.5. The Morgan fingerprint density at radius 2 is 1.42 bits per heavy atom. The van der Waals surface area contributed by atoms with Crippen LogP contribution in [0.1, 0.15) is 114 Å². The second kappa shape index (κ2) is 23.4. The largest absolute Gasteiger partial charge is 0.462 e. The van der Waals surface area contributed by atoms with Crippen LogP contribution in [0.5, 0.6) is 0 Å². The van der Waals surface area contributed by atoms with Crippen LogP contribution in [0.3, 0.4) is 0 Å². The summed E-state index contributed by atoms with van der Waals surface area (Å²) in [6.45, 7) is 15.7. The van der Waals surface area contributed by atoms with Crippen molar-refractivity contribution in [2.75, 3.05) is 26.9 Å². The number of ether oxygens (including phenoxy) is 11. The number of cyclic esters (lactones) is 1. The lowest BCUT2D eigenvalue weighted by Crippen LogP contribution is -2.66. The van der Waals surface area contributed by atoms with Gasteiger partial charge in [0.25, 0.3) is 0 Å². The summed E-state index contributed by atoms with van der Waals surface area (Å²) in [7, 11) is -3.92. The summed E-state index contributed by atoms with van der Waals surface area (Å²) in [6, 6.07) is 0. The van der Waals surface area contributed by atoms with E-state index in [1.165, 1.54) is 26.5 Å². The SMILES string of the molecule is COC1C(O)COC(OC2C(O)C(CO)OC(OC3C(C)OC(OC4C(OC5CCC6(C)C7CCC89C(=O)OC(C)(CCC=C(C)C)C8C(OC(C)=O)CC9(C)C7=CCC6C5(C)C)OCC(OS(=O)(=O)O)C4O)C(O)C3O)C2O)C1O. The van der Waals surface area contributed by atoms with Gasteiger partial charge in [0.15, 0.2) is 25.2 Å². The van der Waals surface area contributed by atoms with Crippen LogP contribution in [0, 0.1) is 39.4 Å². The Kier molecular flexibility index (Phi) is 18.2. The Morgan fingerprint density at radius 1 is 0.765 bits per heavy atom. The second-order valence-electron chi connectivity index (χ2n) is 25.6. The smallest absolute Gasteiger partial charge is 0.397 e. The van der Waals surface area contributed by atoms with E-state index in [0.717, 1.165) is 5.57 Å². The van der Waals surface area contributed by atoms with Crippen LogP contribution in [0.4, 0.5) is 0 Å². The predicted molar refractivity (Wildman–Crippen MR) is 276 cm³/mol. The highest BCUT2D eigenvalue weighted by atomic mass is 32.3. The first-order valence-electron chi connectivity index (χ1n) is 28.3. The van der Waals surface area contributed by atoms with Gasteiger partial charge in [-0.25, -0.2) is 4.18 Å². The third-order valence-corrected chi connectivity index (χ3v) is 20.6. The highest BCUT2D eigenvalue weighted by Crippen LogP contribution is 2.77. The normalized spacial score (nSPS) is 49.5. The van der Waals surface area contributed by atoms with Gasteiger partial charge in [-0.2, -0.15) is 8.42 Å². The van der Waals surface area contributed by atoms with Crippen LogP contribution in [0.25, 0.3) is 0 Å². The number of allylic oxidation sites excluding steroid dienone is 4. The lowest BCUT2D eigenvalue weighted by Gasteiger charge is -2.64. The van der Waals surface area contributed by atoms with E-state index in [0.29, 0.717) is 51.4 Å². The molecule has 1 spiro atoms. The molecular formula is C55H86O25S. The number of carbonyl (C=O) groups is 2. The summed E-state index contributed by atoms with van der Waals surface area (Å²) in [4.78, 5) is 27.4. The third kappa shape index (κ3) is 11.1. The molecule has 0 aromatic carbocycles. The monoisotopic (exact) mass is 1180 g/mol. The van der Waals surface area contributed by atoms with Crippen molar-refractivity contribution in [1.82, 2.24) is 0 Å². The first kappa shape index (κ1) is 63.1. The molecule has 0 radical (unpaired) electrons. The summed E-state index contributed by atoms with van der Waals surface area (Å²) in [6.07, 6.45) is -21.4. The van der Waals surface area contributed by atoms with Crippen molar-refractivity contribution in [3.63, 3.8) is 0 Å². The average Bonchev–Trinajstić information content (AvgIpc) is 3.87. The van der Waals surface area contributed by atoms with E-state index in [1.54, 1.807) is 0 Å². The molecule has 0 aromatic rings. The minimum absolute atomic E-state index is 0.0185. The molecular weight excluding hydrogens is 1090 g/mol. The Labute approximate surface area is 472 Å². The number of hydrogen-bond donors (Lipinski definition) is 9. The summed E-state index contributed by atoms with van der Waals surface area (Å²) in [5, 5.41) is 88.8. The first-order chi connectivity index (χ1) is 37.9. The molecule has 27 unspecified atom stereocenters. The molecule has 81 heavy (non-hydrogen) atoms. The van der Waals surface area contributed by atoms with Gasteiger partial charge in [-0.05, 0) is 102 Å². The molecule has 9 N–H and O–H groups in total. The van der Waals surface area contributed by atoms with Crippen LogP contribution in [0.15, 0.2) is 23.3 Å².